The molecule has 1 aliphatic carbocycles. The van der Waals surface area contributed by atoms with Crippen molar-refractivity contribution in [3.63, 3.8) is 0 Å². The van der Waals surface area contributed by atoms with Gasteiger partial charge in [0.2, 0.25) is 9.76 Å². The second kappa shape index (κ2) is 6.94. The molecular formula is C15H30OSi. The van der Waals surface area contributed by atoms with Gasteiger partial charge in [-0.2, -0.15) is 0 Å². The Morgan fingerprint density at radius 2 is 1.41 bits per heavy atom. The van der Waals surface area contributed by atoms with Gasteiger partial charge in [0, 0.05) is 0 Å². The lowest BCUT2D eigenvalue weighted by Gasteiger charge is -2.53. The Labute approximate surface area is 110 Å². The van der Waals surface area contributed by atoms with Gasteiger partial charge >= 0.3 is 0 Å². The van der Waals surface area contributed by atoms with Crippen molar-refractivity contribution in [3.8, 4) is 0 Å². The van der Waals surface area contributed by atoms with Crippen LogP contribution in [0.2, 0.25) is 5.04 Å². The van der Waals surface area contributed by atoms with E-state index in [1.165, 1.54) is 64.2 Å². The minimum atomic E-state index is 0.155. The lowest BCUT2D eigenvalue weighted by molar-refractivity contribution is 0.0683. The standard InChI is InChI=1S/C15H30OSi/c1-4-9-14(10-5-2)12-7-8-13-15(14,17-16)11-6-3/h16H,4-13H2,1-3H3. The summed E-state index contributed by atoms with van der Waals surface area (Å²) in [6.45, 7) is 6.89. The fourth-order valence-corrected chi connectivity index (χ4v) is 5.52. The zero-order chi connectivity index (χ0) is 12.8. The molecular weight excluding hydrogens is 224 g/mol. The molecule has 2 heteroatoms. The molecule has 0 bridgehead atoms. The van der Waals surface area contributed by atoms with Crippen LogP contribution in [0.15, 0.2) is 0 Å². The van der Waals surface area contributed by atoms with Crippen LogP contribution in [0.4, 0.5) is 0 Å². The third kappa shape index (κ3) is 2.95. The molecule has 1 aliphatic rings. The maximum absolute atomic E-state index is 10.1. The quantitative estimate of drug-likeness (QED) is 0.652. The largest absolute Gasteiger partial charge is 0.431 e. The molecule has 1 fully saturated rings. The molecule has 0 aromatic rings. The summed E-state index contributed by atoms with van der Waals surface area (Å²) in [5.74, 6) is 0. The normalized spacial score (nSPS) is 28.2. The summed E-state index contributed by atoms with van der Waals surface area (Å²) in [6.07, 6.45) is 13.0. The van der Waals surface area contributed by atoms with E-state index in [1.807, 2.05) is 0 Å². The van der Waals surface area contributed by atoms with Crippen LogP contribution >= 0.6 is 0 Å². The maximum atomic E-state index is 10.1. The molecule has 0 saturated heterocycles. The van der Waals surface area contributed by atoms with Gasteiger partial charge in [-0.3, -0.25) is 0 Å². The Bertz CT molecular complexity index is 201. The molecule has 0 aromatic heterocycles. The topological polar surface area (TPSA) is 20.2 Å². The van der Waals surface area contributed by atoms with E-state index in [9.17, 15) is 4.80 Å². The Morgan fingerprint density at radius 1 is 0.882 bits per heavy atom. The van der Waals surface area contributed by atoms with Crippen molar-refractivity contribution in [2.75, 3.05) is 0 Å². The van der Waals surface area contributed by atoms with Gasteiger partial charge < -0.3 is 4.80 Å². The van der Waals surface area contributed by atoms with Crippen molar-refractivity contribution in [3.05, 3.63) is 0 Å². The highest BCUT2D eigenvalue weighted by Gasteiger charge is 2.50. The molecule has 0 amide bonds. The van der Waals surface area contributed by atoms with E-state index in [0.29, 0.717) is 5.41 Å². The SMILES string of the molecule is CCCC1(CCC)CCCCC1(CCC)[Si]O. The van der Waals surface area contributed by atoms with Gasteiger partial charge in [0.25, 0.3) is 0 Å². The van der Waals surface area contributed by atoms with Crippen LogP contribution in [0, 0.1) is 5.41 Å². The Hall–Kier alpha value is 0.177. The molecule has 1 saturated carbocycles. The smallest absolute Gasteiger partial charge is 0.231 e. The predicted molar refractivity (Wildman–Crippen MR) is 76.3 cm³/mol. The van der Waals surface area contributed by atoms with Crippen LogP contribution in [0.3, 0.4) is 0 Å². The molecule has 0 spiro atoms. The third-order valence-electron chi connectivity index (χ3n) is 4.87. The Morgan fingerprint density at radius 3 is 1.88 bits per heavy atom. The summed E-state index contributed by atoms with van der Waals surface area (Å²) in [6, 6.07) is 0. The Kier molecular flexibility index (Phi) is 6.22. The first-order chi connectivity index (χ1) is 8.20. The first-order valence-electron chi connectivity index (χ1n) is 7.61. The third-order valence-corrected chi connectivity index (χ3v) is 6.33. The zero-order valence-corrected chi connectivity index (χ0v) is 13.0. The number of rotatable bonds is 7. The van der Waals surface area contributed by atoms with Gasteiger partial charge in [-0.1, -0.05) is 52.9 Å². The summed E-state index contributed by atoms with van der Waals surface area (Å²) in [7, 11) is 0.155. The monoisotopic (exact) mass is 254 g/mol. The number of hydrogen-bond donors (Lipinski definition) is 1. The summed E-state index contributed by atoms with van der Waals surface area (Å²) in [5, 5.41) is 0.270. The van der Waals surface area contributed by atoms with Gasteiger partial charge in [-0.25, -0.2) is 0 Å². The van der Waals surface area contributed by atoms with E-state index in [2.05, 4.69) is 20.8 Å². The van der Waals surface area contributed by atoms with E-state index < -0.39 is 0 Å². The second-order valence-electron chi connectivity index (χ2n) is 5.93. The van der Waals surface area contributed by atoms with E-state index in [1.54, 1.807) is 0 Å². The average Bonchev–Trinajstić information content (AvgIpc) is 2.33. The first kappa shape index (κ1) is 15.2. The molecule has 1 atom stereocenters. The van der Waals surface area contributed by atoms with Crippen LogP contribution in [0.1, 0.15) is 85.0 Å². The highest BCUT2D eigenvalue weighted by Crippen LogP contribution is 2.62. The minimum absolute atomic E-state index is 0.155. The van der Waals surface area contributed by atoms with Crippen LogP contribution in [0.25, 0.3) is 0 Å². The lowest BCUT2D eigenvalue weighted by atomic mass is 9.59. The average molecular weight is 254 g/mol. The van der Waals surface area contributed by atoms with Crippen LogP contribution < -0.4 is 0 Å². The van der Waals surface area contributed by atoms with Gasteiger partial charge in [-0.05, 0) is 42.6 Å². The Balaban J connectivity index is 2.99. The number of hydrogen-bond acceptors (Lipinski definition) is 1. The van der Waals surface area contributed by atoms with E-state index in [-0.39, 0.29) is 14.8 Å². The van der Waals surface area contributed by atoms with Crippen LogP contribution in [-0.2, 0) is 0 Å². The summed E-state index contributed by atoms with van der Waals surface area (Å²) < 4.78 is 0. The highest BCUT2D eigenvalue weighted by atomic mass is 28.2. The molecule has 0 aromatic carbocycles. The molecule has 0 aliphatic heterocycles. The summed E-state index contributed by atoms with van der Waals surface area (Å²) >= 11 is 0. The molecule has 1 unspecified atom stereocenters. The van der Waals surface area contributed by atoms with Gasteiger partial charge in [0.05, 0.1) is 0 Å². The molecule has 100 valence electrons. The van der Waals surface area contributed by atoms with E-state index in [4.69, 9.17) is 0 Å². The van der Waals surface area contributed by atoms with Gasteiger partial charge in [0.15, 0.2) is 0 Å². The van der Waals surface area contributed by atoms with Crippen LogP contribution in [-0.4, -0.2) is 14.6 Å². The molecule has 17 heavy (non-hydrogen) atoms. The molecule has 1 nitrogen and oxygen atoms in total. The fraction of sp³-hybridized carbons (Fsp3) is 1.00. The van der Waals surface area contributed by atoms with E-state index >= 15 is 0 Å². The van der Waals surface area contributed by atoms with Crippen molar-refractivity contribution >= 4 is 9.76 Å². The predicted octanol–water partition coefficient (Wildman–Crippen LogP) is 4.72. The fourth-order valence-electron chi connectivity index (χ4n) is 4.25. The van der Waals surface area contributed by atoms with Gasteiger partial charge in [-0.15, -0.1) is 0 Å². The summed E-state index contributed by atoms with van der Waals surface area (Å²) in [4.78, 5) is 10.1. The highest BCUT2D eigenvalue weighted by molar-refractivity contribution is 6.31. The minimum Gasteiger partial charge on any atom is -0.431 e. The zero-order valence-electron chi connectivity index (χ0n) is 12.0. The van der Waals surface area contributed by atoms with Crippen molar-refractivity contribution in [2.45, 2.75) is 90.0 Å². The molecule has 0 heterocycles. The van der Waals surface area contributed by atoms with Gasteiger partial charge in [0.1, 0.15) is 0 Å². The molecule has 1 rings (SSSR count). The van der Waals surface area contributed by atoms with Crippen molar-refractivity contribution in [2.24, 2.45) is 5.41 Å². The second-order valence-corrected chi connectivity index (χ2v) is 7.11. The van der Waals surface area contributed by atoms with Crippen molar-refractivity contribution in [1.29, 1.82) is 0 Å². The van der Waals surface area contributed by atoms with E-state index in [0.717, 1.165) is 0 Å². The van der Waals surface area contributed by atoms with Crippen LogP contribution in [0.5, 0.6) is 0 Å². The first-order valence-corrected chi connectivity index (χ1v) is 8.56. The molecule has 2 radical (unpaired) electrons. The van der Waals surface area contributed by atoms with Crippen molar-refractivity contribution < 1.29 is 4.80 Å². The van der Waals surface area contributed by atoms with Crippen molar-refractivity contribution in [1.82, 2.24) is 0 Å². The summed E-state index contributed by atoms with van der Waals surface area (Å²) in [5.41, 5.74) is 0.456. The molecule has 1 N–H and O–H groups in total. The lowest BCUT2D eigenvalue weighted by Crippen LogP contribution is -2.43. The maximum Gasteiger partial charge on any atom is 0.231 e.